The number of hydrogen-bond donors (Lipinski definition) is 1. The van der Waals surface area contributed by atoms with Crippen LogP contribution in [-0.4, -0.2) is 50.8 Å². The minimum Gasteiger partial charge on any atom is -0.497 e. The van der Waals surface area contributed by atoms with Gasteiger partial charge in [0.2, 0.25) is 0 Å². The molecule has 3 rings (SSSR count). The lowest BCUT2D eigenvalue weighted by atomic mass is 10.1. The van der Waals surface area contributed by atoms with Gasteiger partial charge in [-0.3, -0.25) is 9.69 Å². The summed E-state index contributed by atoms with van der Waals surface area (Å²) in [5.41, 5.74) is 0.579. The summed E-state index contributed by atoms with van der Waals surface area (Å²) in [4.78, 5) is 14.8. The van der Waals surface area contributed by atoms with Crippen LogP contribution in [0.5, 0.6) is 5.75 Å². The SMILES string of the molecule is COc1cccc(C(=O)NCC(c2ccc(C)o2)N2CCOCC2)c1. The Morgan fingerprint density at radius 2 is 2.08 bits per heavy atom. The number of benzene rings is 1. The van der Waals surface area contributed by atoms with Crippen LogP contribution in [0.4, 0.5) is 0 Å². The molecular formula is C19H24N2O4. The summed E-state index contributed by atoms with van der Waals surface area (Å²) < 4.78 is 16.4. The molecule has 1 saturated heterocycles. The van der Waals surface area contributed by atoms with Gasteiger partial charge >= 0.3 is 0 Å². The van der Waals surface area contributed by atoms with Crippen LogP contribution in [0.3, 0.4) is 0 Å². The molecule has 0 aliphatic carbocycles. The molecule has 6 nitrogen and oxygen atoms in total. The fourth-order valence-corrected chi connectivity index (χ4v) is 2.99. The molecule has 1 aromatic carbocycles. The van der Waals surface area contributed by atoms with Crippen molar-refractivity contribution in [3.05, 3.63) is 53.5 Å². The molecule has 1 aliphatic rings. The van der Waals surface area contributed by atoms with Crippen molar-refractivity contribution in [1.29, 1.82) is 0 Å². The average molecular weight is 344 g/mol. The highest BCUT2D eigenvalue weighted by Gasteiger charge is 2.25. The van der Waals surface area contributed by atoms with E-state index in [1.54, 1.807) is 19.2 Å². The molecule has 1 unspecified atom stereocenters. The summed E-state index contributed by atoms with van der Waals surface area (Å²) in [6, 6.07) is 11.1. The van der Waals surface area contributed by atoms with Crippen molar-refractivity contribution in [3.8, 4) is 5.75 Å². The quantitative estimate of drug-likeness (QED) is 0.872. The standard InChI is InChI=1S/C19H24N2O4/c1-14-6-7-18(25-14)17(21-8-10-24-11-9-21)13-20-19(22)15-4-3-5-16(12-15)23-2/h3-7,12,17H,8-11,13H2,1-2H3,(H,20,22). The van der Waals surface area contributed by atoms with Crippen molar-refractivity contribution in [1.82, 2.24) is 10.2 Å². The number of ether oxygens (including phenoxy) is 2. The maximum absolute atomic E-state index is 12.5. The molecule has 2 aromatic rings. The Bertz CT molecular complexity index is 707. The van der Waals surface area contributed by atoms with Crippen LogP contribution in [0.15, 0.2) is 40.8 Å². The van der Waals surface area contributed by atoms with Gasteiger partial charge in [-0.2, -0.15) is 0 Å². The molecule has 0 bridgehead atoms. The Kier molecular flexibility index (Phi) is 5.73. The molecule has 0 spiro atoms. The Balaban J connectivity index is 1.70. The Labute approximate surface area is 147 Å². The monoisotopic (exact) mass is 344 g/mol. The van der Waals surface area contributed by atoms with Crippen molar-refractivity contribution in [2.75, 3.05) is 40.0 Å². The molecule has 1 amide bonds. The summed E-state index contributed by atoms with van der Waals surface area (Å²) >= 11 is 0. The molecule has 0 radical (unpaired) electrons. The molecule has 25 heavy (non-hydrogen) atoms. The second-order valence-electron chi connectivity index (χ2n) is 6.05. The molecular weight excluding hydrogens is 320 g/mol. The summed E-state index contributed by atoms with van der Waals surface area (Å²) in [5, 5.41) is 3.02. The molecule has 1 atom stereocenters. The lowest BCUT2D eigenvalue weighted by molar-refractivity contribution is 0.0117. The number of methoxy groups -OCH3 is 1. The van der Waals surface area contributed by atoms with E-state index in [1.807, 2.05) is 31.2 Å². The fourth-order valence-electron chi connectivity index (χ4n) is 2.99. The van der Waals surface area contributed by atoms with Gasteiger partial charge in [-0.15, -0.1) is 0 Å². The zero-order valence-electron chi connectivity index (χ0n) is 14.7. The molecule has 134 valence electrons. The van der Waals surface area contributed by atoms with E-state index in [9.17, 15) is 4.79 Å². The molecule has 1 aliphatic heterocycles. The predicted octanol–water partition coefficient (Wildman–Crippen LogP) is 2.40. The third kappa shape index (κ3) is 4.41. The number of nitrogens with one attached hydrogen (secondary N) is 1. The highest BCUT2D eigenvalue weighted by Crippen LogP contribution is 2.23. The smallest absolute Gasteiger partial charge is 0.251 e. The number of aryl methyl sites for hydroxylation is 1. The third-order valence-electron chi connectivity index (χ3n) is 4.36. The van der Waals surface area contributed by atoms with Gasteiger partial charge in [0.25, 0.3) is 5.91 Å². The van der Waals surface area contributed by atoms with Crippen LogP contribution in [0, 0.1) is 6.92 Å². The minimum absolute atomic E-state index is 0.00726. The zero-order valence-corrected chi connectivity index (χ0v) is 14.7. The number of amides is 1. The van der Waals surface area contributed by atoms with E-state index in [4.69, 9.17) is 13.9 Å². The largest absolute Gasteiger partial charge is 0.497 e. The average Bonchev–Trinajstić information content (AvgIpc) is 3.08. The van der Waals surface area contributed by atoms with Crippen LogP contribution in [0.2, 0.25) is 0 Å². The highest BCUT2D eigenvalue weighted by atomic mass is 16.5. The number of carbonyl (C=O) groups is 1. The van der Waals surface area contributed by atoms with Gasteiger partial charge in [0.15, 0.2) is 0 Å². The maximum Gasteiger partial charge on any atom is 0.251 e. The molecule has 1 fully saturated rings. The molecule has 2 heterocycles. The van der Waals surface area contributed by atoms with Crippen LogP contribution in [0.25, 0.3) is 0 Å². The number of rotatable bonds is 6. The number of hydrogen-bond acceptors (Lipinski definition) is 5. The first kappa shape index (κ1) is 17.5. The summed E-state index contributed by atoms with van der Waals surface area (Å²) in [5.74, 6) is 2.28. The van der Waals surface area contributed by atoms with Crippen LogP contribution < -0.4 is 10.1 Å². The predicted molar refractivity (Wildman–Crippen MR) is 93.9 cm³/mol. The van der Waals surface area contributed by atoms with Crippen molar-refractivity contribution in [2.45, 2.75) is 13.0 Å². The second kappa shape index (κ2) is 8.18. The van der Waals surface area contributed by atoms with Crippen molar-refractivity contribution in [2.24, 2.45) is 0 Å². The second-order valence-corrected chi connectivity index (χ2v) is 6.05. The molecule has 1 N–H and O–H groups in total. The number of nitrogens with zero attached hydrogens (tertiary/aromatic N) is 1. The van der Waals surface area contributed by atoms with E-state index < -0.39 is 0 Å². The lowest BCUT2D eigenvalue weighted by Gasteiger charge is -2.33. The molecule has 6 heteroatoms. The maximum atomic E-state index is 12.5. The van der Waals surface area contributed by atoms with E-state index in [-0.39, 0.29) is 11.9 Å². The molecule has 1 aromatic heterocycles. The van der Waals surface area contributed by atoms with Gasteiger partial charge in [-0.1, -0.05) is 6.07 Å². The van der Waals surface area contributed by atoms with Crippen molar-refractivity contribution < 1.29 is 18.7 Å². The topological polar surface area (TPSA) is 63.9 Å². The van der Waals surface area contributed by atoms with Gasteiger partial charge in [0.1, 0.15) is 17.3 Å². The van der Waals surface area contributed by atoms with Crippen molar-refractivity contribution >= 4 is 5.91 Å². The Morgan fingerprint density at radius 3 is 2.76 bits per heavy atom. The van der Waals surface area contributed by atoms with Gasteiger partial charge < -0.3 is 19.2 Å². The highest BCUT2D eigenvalue weighted by molar-refractivity contribution is 5.94. The molecule has 0 saturated carbocycles. The van der Waals surface area contributed by atoms with Crippen LogP contribution >= 0.6 is 0 Å². The van der Waals surface area contributed by atoms with E-state index in [1.165, 1.54) is 0 Å². The number of morpholine rings is 1. The zero-order chi connectivity index (χ0) is 17.6. The third-order valence-corrected chi connectivity index (χ3v) is 4.36. The number of furan rings is 1. The minimum atomic E-state index is -0.125. The first-order chi connectivity index (χ1) is 12.2. The fraction of sp³-hybridized carbons (Fsp3) is 0.421. The van der Waals surface area contributed by atoms with Gasteiger partial charge in [-0.25, -0.2) is 0 Å². The van der Waals surface area contributed by atoms with Crippen molar-refractivity contribution in [3.63, 3.8) is 0 Å². The van der Waals surface area contributed by atoms with Gasteiger partial charge in [-0.05, 0) is 37.3 Å². The van der Waals surface area contributed by atoms with Gasteiger partial charge in [0.05, 0.1) is 26.4 Å². The summed E-state index contributed by atoms with van der Waals surface area (Å²) in [7, 11) is 1.59. The van der Waals surface area contributed by atoms with E-state index in [0.717, 1.165) is 24.6 Å². The Hall–Kier alpha value is -2.31. The summed E-state index contributed by atoms with van der Waals surface area (Å²) in [6.07, 6.45) is 0. The number of carbonyl (C=O) groups excluding carboxylic acids is 1. The Morgan fingerprint density at radius 1 is 1.28 bits per heavy atom. The van der Waals surface area contributed by atoms with Crippen LogP contribution in [-0.2, 0) is 4.74 Å². The van der Waals surface area contributed by atoms with E-state index in [2.05, 4.69) is 10.2 Å². The van der Waals surface area contributed by atoms with Crippen LogP contribution in [0.1, 0.15) is 27.9 Å². The normalized spacial score (nSPS) is 16.4. The first-order valence-electron chi connectivity index (χ1n) is 8.48. The van der Waals surface area contributed by atoms with E-state index >= 15 is 0 Å². The lowest BCUT2D eigenvalue weighted by Crippen LogP contribution is -2.43. The van der Waals surface area contributed by atoms with E-state index in [0.29, 0.717) is 31.1 Å². The summed E-state index contributed by atoms with van der Waals surface area (Å²) in [6.45, 7) is 5.43. The first-order valence-corrected chi connectivity index (χ1v) is 8.48. The van der Waals surface area contributed by atoms with Gasteiger partial charge in [0, 0.05) is 25.2 Å².